The van der Waals surface area contributed by atoms with E-state index in [1.165, 1.54) is 11.8 Å². The molecule has 0 aliphatic heterocycles. The second-order valence-electron chi connectivity index (χ2n) is 5.26. The number of hydrogen-bond acceptors (Lipinski definition) is 5. The minimum absolute atomic E-state index is 0.392. The highest BCUT2D eigenvalue weighted by Gasteiger charge is 2.37. The van der Waals surface area contributed by atoms with Crippen molar-refractivity contribution < 1.29 is 14.3 Å². The molecule has 1 aromatic heterocycles. The first-order chi connectivity index (χ1) is 8.99. The second kappa shape index (κ2) is 5.96. The van der Waals surface area contributed by atoms with Gasteiger partial charge in [-0.25, -0.2) is 4.98 Å². The fourth-order valence-electron chi connectivity index (χ4n) is 1.90. The highest BCUT2D eigenvalue weighted by molar-refractivity contribution is 7.99. The molecule has 1 aromatic rings. The van der Waals surface area contributed by atoms with Gasteiger partial charge in [0, 0.05) is 11.8 Å². The van der Waals surface area contributed by atoms with E-state index >= 15 is 0 Å². The average Bonchev–Trinajstić information content (AvgIpc) is 3.05. The van der Waals surface area contributed by atoms with E-state index in [4.69, 9.17) is 4.42 Å². The molecule has 1 heterocycles. The van der Waals surface area contributed by atoms with E-state index in [1.54, 1.807) is 13.2 Å². The molecule has 2 rings (SSSR count). The molecule has 1 unspecified atom stereocenters. The minimum Gasteiger partial charge on any atom is -0.480 e. The van der Waals surface area contributed by atoms with Crippen LogP contribution in [0.4, 0.5) is 0 Å². The van der Waals surface area contributed by atoms with Gasteiger partial charge in [0.2, 0.25) is 0 Å². The SMILES string of the molecule is Cc1coc(SCCCC(C)(NC2CC2)C(=O)O)n1. The van der Waals surface area contributed by atoms with Crippen LogP contribution in [0.5, 0.6) is 0 Å². The largest absolute Gasteiger partial charge is 0.480 e. The Labute approximate surface area is 117 Å². The number of carbonyl (C=O) groups is 1. The maximum atomic E-state index is 11.4. The number of nitrogens with zero attached hydrogens (tertiary/aromatic N) is 1. The Hall–Kier alpha value is -1.01. The molecule has 5 nitrogen and oxygen atoms in total. The Kier molecular flexibility index (Phi) is 4.52. The molecule has 1 atom stereocenters. The highest BCUT2D eigenvalue weighted by atomic mass is 32.2. The van der Waals surface area contributed by atoms with Gasteiger partial charge in [-0.05, 0) is 39.5 Å². The van der Waals surface area contributed by atoms with Crippen molar-refractivity contribution in [1.82, 2.24) is 10.3 Å². The molecule has 1 aliphatic carbocycles. The Morgan fingerprint density at radius 2 is 2.42 bits per heavy atom. The molecule has 2 N–H and O–H groups in total. The Bertz CT molecular complexity index is 445. The molecule has 0 saturated heterocycles. The smallest absolute Gasteiger partial charge is 0.323 e. The van der Waals surface area contributed by atoms with Crippen LogP contribution in [0.25, 0.3) is 0 Å². The lowest BCUT2D eigenvalue weighted by molar-refractivity contribution is -0.144. The molecule has 1 saturated carbocycles. The average molecular weight is 284 g/mol. The van der Waals surface area contributed by atoms with Gasteiger partial charge in [0.1, 0.15) is 11.8 Å². The summed E-state index contributed by atoms with van der Waals surface area (Å²) < 4.78 is 5.24. The van der Waals surface area contributed by atoms with Gasteiger partial charge in [0.25, 0.3) is 5.22 Å². The number of aryl methyl sites for hydroxylation is 1. The van der Waals surface area contributed by atoms with Gasteiger partial charge in [-0.2, -0.15) is 0 Å². The topological polar surface area (TPSA) is 75.4 Å². The molecule has 0 amide bonds. The fraction of sp³-hybridized carbons (Fsp3) is 0.692. The van der Waals surface area contributed by atoms with Crippen LogP contribution in [-0.2, 0) is 4.79 Å². The summed E-state index contributed by atoms with van der Waals surface area (Å²) in [4.78, 5) is 15.6. The highest BCUT2D eigenvalue weighted by Crippen LogP contribution is 2.26. The predicted octanol–water partition coefficient (Wildman–Crippen LogP) is 2.45. The van der Waals surface area contributed by atoms with Crippen LogP contribution in [0.1, 0.15) is 38.3 Å². The van der Waals surface area contributed by atoms with E-state index in [1.807, 2.05) is 6.92 Å². The molecular formula is C13H20N2O3S. The Morgan fingerprint density at radius 1 is 1.68 bits per heavy atom. The van der Waals surface area contributed by atoms with Crippen molar-refractivity contribution in [1.29, 1.82) is 0 Å². The Morgan fingerprint density at radius 3 is 2.95 bits per heavy atom. The summed E-state index contributed by atoms with van der Waals surface area (Å²) in [6, 6.07) is 0.392. The van der Waals surface area contributed by atoms with E-state index in [9.17, 15) is 9.90 Å². The zero-order valence-electron chi connectivity index (χ0n) is 11.3. The molecule has 1 fully saturated rings. The zero-order valence-corrected chi connectivity index (χ0v) is 12.1. The number of thioether (sulfide) groups is 1. The van der Waals surface area contributed by atoms with E-state index in [2.05, 4.69) is 10.3 Å². The third-order valence-corrected chi connectivity index (χ3v) is 4.14. The van der Waals surface area contributed by atoms with Gasteiger partial charge in [0.05, 0.1) is 5.69 Å². The molecule has 1 aliphatic rings. The first-order valence-corrected chi connectivity index (χ1v) is 7.54. The Balaban J connectivity index is 1.74. The summed E-state index contributed by atoms with van der Waals surface area (Å²) >= 11 is 1.53. The van der Waals surface area contributed by atoms with E-state index in [0.29, 0.717) is 17.7 Å². The molecule has 0 radical (unpaired) electrons. The fourth-order valence-corrected chi connectivity index (χ4v) is 2.69. The maximum absolute atomic E-state index is 11.4. The van der Waals surface area contributed by atoms with Gasteiger partial charge in [-0.3, -0.25) is 10.1 Å². The van der Waals surface area contributed by atoms with Crippen LogP contribution in [0.2, 0.25) is 0 Å². The van der Waals surface area contributed by atoms with Gasteiger partial charge in [-0.15, -0.1) is 0 Å². The van der Waals surface area contributed by atoms with E-state index in [0.717, 1.165) is 30.7 Å². The van der Waals surface area contributed by atoms with Gasteiger partial charge in [0.15, 0.2) is 0 Å². The lowest BCUT2D eigenvalue weighted by Crippen LogP contribution is -2.50. The van der Waals surface area contributed by atoms with Crippen molar-refractivity contribution in [3.05, 3.63) is 12.0 Å². The zero-order chi connectivity index (χ0) is 13.9. The van der Waals surface area contributed by atoms with Crippen molar-refractivity contribution >= 4 is 17.7 Å². The van der Waals surface area contributed by atoms with Crippen molar-refractivity contribution in [3.8, 4) is 0 Å². The predicted molar refractivity (Wildman–Crippen MR) is 73.4 cm³/mol. The van der Waals surface area contributed by atoms with Crippen LogP contribution < -0.4 is 5.32 Å². The van der Waals surface area contributed by atoms with Gasteiger partial charge >= 0.3 is 5.97 Å². The van der Waals surface area contributed by atoms with Crippen LogP contribution in [0, 0.1) is 6.92 Å². The van der Waals surface area contributed by atoms with Crippen LogP contribution >= 0.6 is 11.8 Å². The summed E-state index contributed by atoms with van der Waals surface area (Å²) in [6.45, 7) is 3.65. The molecule has 19 heavy (non-hydrogen) atoms. The standard InChI is InChI=1S/C13H20N2O3S/c1-9-8-18-12(14-9)19-7-3-6-13(2,11(16)17)15-10-4-5-10/h8,10,15H,3-7H2,1-2H3,(H,16,17). The van der Waals surface area contributed by atoms with E-state index in [-0.39, 0.29) is 0 Å². The summed E-state index contributed by atoms with van der Waals surface area (Å²) in [6.07, 6.45) is 5.24. The molecule has 106 valence electrons. The number of rotatable bonds is 8. The van der Waals surface area contributed by atoms with Crippen molar-refractivity contribution in [3.63, 3.8) is 0 Å². The summed E-state index contributed by atoms with van der Waals surface area (Å²) in [5.41, 5.74) is 0.0575. The number of oxazole rings is 1. The van der Waals surface area contributed by atoms with Gasteiger partial charge < -0.3 is 9.52 Å². The lowest BCUT2D eigenvalue weighted by atomic mass is 9.96. The maximum Gasteiger partial charge on any atom is 0.323 e. The number of carboxylic acids is 1. The number of aromatic nitrogens is 1. The summed E-state index contributed by atoms with van der Waals surface area (Å²) in [5, 5.41) is 13.2. The molecule has 0 bridgehead atoms. The molecule has 0 spiro atoms. The number of carboxylic acid groups (broad SMARTS) is 1. The molecule has 6 heteroatoms. The lowest BCUT2D eigenvalue weighted by Gasteiger charge is -2.26. The monoisotopic (exact) mass is 284 g/mol. The molecular weight excluding hydrogens is 264 g/mol. The van der Waals surface area contributed by atoms with Crippen molar-refractivity contribution in [2.45, 2.75) is 56.3 Å². The first-order valence-electron chi connectivity index (χ1n) is 6.55. The number of hydrogen-bond donors (Lipinski definition) is 2. The second-order valence-corrected chi connectivity index (χ2v) is 6.31. The van der Waals surface area contributed by atoms with Crippen LogP contribution in [-0.4, -0.2) is 33.4 Å². The third-order valence-electron chi connectivity index (χ3n) is 3.22. The normalized spacial score (nSPS) is 18.2. The van der Waals surface area contributed by atoms with Crippen molar-refractivity contribution in [2.24, 2.45) is 0 Å². The van der Waals surface area contributed by atoms with Crippen molar-refractivity contribution in [2.75, 3.05) is 5.75 Å². The van der Waals surface area contributed by atoms with Crippen LogP contribution in [0.15, 0.2) is 15.9 Å². The summed E-state index contributed by atoms with van der Waals surface area (Å²) in [5.74, 6) is 0.0474. The van der Waals surface area contributed by atoms with Gasteiger partial charge in [-0.1, -0.05) is 11.8 Å². The first kappa shape index (κ1) is 14.4. The van der Waals surface area contributed by atoms with E-state index < -0.39 is 11.5 Å². The number of nitrogens with one attached hydrogen (secondary N) is 1. The molecule has 0 aromatic carbocycles. The number of aliphatic carboxylic acids is 1. The third kappa shape index (κ3) is 4.24. The quantitative estimate of drug-likeness (QED) is 0.564. The van der Waals surface area contributed by atoms with Crippen LogP contribution in [0.3, 0.4) is 0 Å². The summed E-state index contributed by atoms with van der Waals surface area (Å²) in [7, 11) is 0. The minimum atomic E-state index is -0.811.